The van der Waals surface area contributed by atoms with Gasteiger partial charge in [-0.25, -0.2) is 0 Å². The third-order valence-corrected chi connectivity index (χ3v) is 4.72. The molecule has 0 saturated carbocycles. The zero-order valence-electron chi connectivity index (χ0n) is 13.4. The predicted octanol–water partition coefficient (Wildman–Crippen LogP) is 1.96. The van der Waals surface area contributed by atoms with Gasteiger partial charge in [-0.1, -0.05) is 11.2 Å². The molecule has 3 rings (SSSR count). The minimum absolute atomic E-state index is 0.0815. The number of anilines is 1. The monoisotopic (exact) mass is 349 g/mol. The van der Waals surface area contributed by atoms with Crippen LogP contribution in [0, 0.1) is 6.92 Å². The van der Waals surface area contributed by atoms with Gasteiger partial charge in [-0.3, -0.25) is 14.5 Å². The average Bonchev–Trinajstić information content (AvgIpc) is 3.21. The number of carbonyl (C=O) groups excluding carboxylic acids is 2. The number of hydrogen-bond acceptors (Lipinski definition) is 7. The topological polar surface area (TPSA) is 84.7 Å². The number of nitrogens with zero attached hydrogens (tertiary/aromatic N) is 2. The number of amides is 1. The van der Waals surface area contributed by atoms with Crippen LogP contribution in [0.2, 0.25) is 0 Å². The molecule has 0 unspecified atom stereocenters. The predicted molar refractivity (Wildman–Crippen MR) is 89.3 cm³/mol. The Morgan fingerprint density at radius 1 is 1.50 bits per heavy atom. The average molecular weight is 349 g/mol. The van der Waals surface area contributed by atoms with E-state index in [1.54, 1.807) is 13.0 Å². The summed E-state index contributed by atoms with van der Waals surface area (Å²) in [5.74, 6) is 0.935. The van der Waals surface area contributed by atoms with Gasteiger partial charge in [0.2, 0.25) is 5.91 Å². The molecule has 0 aromatic carbocycles. The molecule has 1 atom stereocenters. The van der Waals surface area contributed by atoms with Gasteiger partial charge in [0.15, 0.2) is 11.6 Å². The van der Waals surface area contributed by atoms with Crippen LogP contribution in [-0.2, 0) is 9.53 Å². The molecule has 128 valence electrons. The van der Waals surface area contributed by atoms with E-state index in [1.165, 1.54) is 11.3 Å². The van der Waals surface area contributed by atoms with Crippen LogP contribution in [0.4, 0.5) is 5.82 Å². The highest BCUT2D eigenvalue weighted by molar-refractivity contribution is 7.12. The second kappa shape index (κ2) is 7.69. The molecule has 0 bridgehead atoms. The Morgan fingerprint density at radius 3 is 3.08 bits per heavy atom. The zero-order chi connectivity index (χ0) is 16.9. The van der Waals surface area contributed by atoms with E-state index in [2.05, 4.69) is 10.5 Å². The van der Waals surface area contributed by atoms with Gasteiger partial charge in [0.05, 0.1) is 24.6 Å². The Morgan fingerprint density at radius 2 is 2.38 bits per heavy atom. The number of thiophene rings is 1. The molecule has 1 N–H and O–H groups in total. The van der Waals surface area contributed by atoms with Crippen molar-refractivity contribution in [3.63, 3.8) is 0 Å². The molecule has 1 aliphatic heterocycles. The molecular formula is C16H19N3O4S. The molecule has 2 aromatic rings. The van der Waals surface area contributed by atoms with Crippen LogP contribution in [0.3, 0.4) is 0 Å². The summed E-state index contributed by atoms with van der Waals surface area (Å²) in [7, 11) is 0. The van der Waals surface area contributed by atoms with Crippen molar-refractivity contribution in [2.24, 2.45) is 0 Å². The van der Waals surface area contributed by atoms with Crippen LogP contribution in [0.15, 0.2) is 28.1 Å². The van der Waals surface area contributed by atoms with Crippen LogP contribution in [-0.4, -0.2) is 54.1 Å². The van der Waals surface area contributed by atoms with E-state index in [-0.39, 0.29) is 24.3 Å². The third-order valence-electron chi connectivity index (χ3n) is 3.81. The molecule has 1 saturated heterocycles. The standard InChI is InChI=1S/C16H19N3O4S/c1-11-7-15(18-23-11)17-16(21)9-19-4-5-22-10-12(19)8-13(20)14-3-2-6-24-14/h2-3,6-7,12H,4-5,8-10H2,1H3,(H,17,18,21)/t12-/m0/s1. The maximum atomic E-state index is 12.3. The van der Waals surface area contributed by atoms with Gasteiger partial charge in [-0.05, 0) is 18.4 Å². The molecule has 1 aliphatic rings. The normalized spacial score (nSPS) is 18.5. The van der Waals surface area contributed by atoms with E-state index in [9.17, 15) is 9.59 Å². The van der Waals surface area contributed by atoms with E-state index in [4.69, 9.17) is 9.26 Å². The summed E-state index contributed by atoms with van der Waals surface area (Å²) >= 11 is 1.43. The van der Waals surface area contributed by atoms with Crippen LogP contribution in [0.5, 0.6) is 0 Å². The first-order chi connectivity index (χ1) is 11.6. The Balaban J connectivity index is 1.57. The van der Waals surface area contributed by atoms with Crippen molar-refractivity contribution >= 4 is 28.8 Å². The summed E-state index contributed by atoms with van der Waals surface area (Å²) in [6.45, 7) is 3.58. The number of aromatic nitrogens is 1. The van der Waals surface area contributed by atoms with Gasteiger partial charge in [0, 0.05) is 25.1 Å². The minimum atomic E-state index is -0.182. The highest BCUT2D eigenvalue weighted by Gasteiger charge is 2.27. The van der Waals surface area contributed by atoms with Crippen LogP contribution in [0.25, 0.3) is 0 Å². The Bertz CT molecular complexity index is 698. The van der Waals surface area contributed by atoms with Gasteiger partial charge >= 0.3 is 0 Å². The Labute approximate surface area is 143 Å². The molecule has 7 nitrogen and oxygen atoms in total. The van der Waals surface area contributed by atoms with E-state index >= 15 is 0 Å². The first-order valence-electron chi connectivity index (χ1n) is 7.73. The maximum absolute atomic E-state index is 12.3. The molecule has 0 aliphatic carbocycles. The molecule has 8 heteroatoms. The lowest BCUT2D eigenvalue weighted by molar-refractivity contribution is -0.119. The highest BCUT2D eigenvalue weighted by Crippen LogP contribution is 2.17. The van der Waals surface area contributed by atoms with Crippen molar-refractivity contribution < 1.29 is 18.8 Å². The van der Waals surface area contributed by atoms with Crippen molar-refractivity contribution in [3.8, 4) is 0 Å². The fraction of sp³-hybridized carbons (Fsp3) is 0.438. The van der Waals surface area contributed by atoms with Gasteiger partial charge in [0.25, 0.3) is 0 Å². The maximum Gasteiger partial charge on any atom is 0.239 e. The number of ketones is 1. The number of carbonyl (C=O) groups is 2. The number of aryl methyl sites for hydroxylation is 1. The summed E-state index contributed by atoms with van der Waals surface area (Å²) in [5, 5.41) is 8.33. The second-order valence-electron chi connectivity index (χ2n) is 5.67. The van der Waals surface area contributed by atoms with Gasteiger partial charge in [-0.2, -0.15) is 0 Å². The molecular weight excluding hydrogens is 330 g/mol. The summed E-state index contributed by atoms with van der Waals surface area (Å²) in [6, 6.07) is 5.24. The number of hydrogen-bond donors (Lipinski definition) is 1. The Kier molecular flexibility index (Phi) is 5.39. The largest absolute Gasteiger partial charge is 0.378 e. The first-order valence-corrected chi connectivity index (χ1v) is 8.61. The lowest BCUT2D eigenvalue weighted by atomic mass is 10.1. The van der Waals surface area contributed by atoms with E-state index in [0.717, 1.165) is 4.88 Å². The fourth-order valence-electron chi connectivity index (χ4n) is 2.63. The molecule has 24 heavy (non-hydrogen) atoms. The third kappa shape index (κ3) is 4.28. The number of Topliss-reactive ketones (excluding diaryl/α,β-unsaturated/α-hetero) is 1. The summed E-state index contributed by atoms with van der Waals surface area (Å²) in [4.78, 5) is 27.2. The van der Waals surface area contributed by atoms with Gasteiger partial charge in [-0.15, -0.1) is 11.3 Å². The zero-order valence-corrected chi connectivity index (χ0v) is 14.2. The molecule has 1 amide bonds. The van der Waals surface area contributed by atoms with E-state index in [1.807, 2.05) is 22.4 Å². The second-order valence-corrected chi connectivity index (χ2v) is 6.62. The van der Waals surface area contributed by atoms with Crippen molar-refractivity contribution in [1.82, 2.24) is 10.1 Å². The number of ether oxygens (including phenoxy) is 1. The summed E-state index contributed by atoms with van der Waals surface area (Å²) < 4.78 is 10.4. The smallest absolute Gasteiger partial charge is 0.239 e. The SMILES string of the molecule is Cc1cc(NC(=O)CN2CCOC[C@@H]2CC(=O)c2cccs2)no1. The molecule has 0 radical (unpaired) electrons. The van der Waals surface area contributed by atoms with Crippen LogP contribution < -0.4 is 5.32 Å². The fourth-order valence-corrected chi connectivity index (χ4v) is 3.30. The number of rotatable bonds is 6. The molecule has 1 fully saturated rings. The van der Waals surface area contributed by atoms with E-state index < -0.39 is 0 Å². The summed E-state index contributed by atoms with van der Waals surface area (Å²) in [5.41, 5.74) is 0. The lowest BCUT2D eigenvalue weighted by Gasteiger charge is -2.34. The Hall–Kier alpha value is -2.03. The van der Waals surface area contributed by atoms with Gasteiger partial charge < -0.3 is 14.6 Å². The molecule has 0 spiro atoms. The summed E-state index contributed by atoms with van der Waals surface area (Å²) in [6.07, 6.45) is 0.344. The van der Waals surface area contributed by atoms with Crippen molar-refractivity contribution in [2.45, 2.75) is 19.4 Å². The first kappa shape index (κ1) is 16.8. The molecule has 2 aromatic heterocycles. The van der Waals surface area contributed by atoms with E-state index in [0.29, 0.717) is 37.8 Å². The van der Waals surface area contributed by atoms with Crippen molar-refractivity contribution in [3.05, 3.63) is 34.2 Å². The van der Waals surface area contributed by atoms with Crippen molar-refractivity contribution in [1.29, 1.82) is 0 Å². The van der Waals surface area contributed by atoms with Crippen LogP contribution in [0.1, 0.15) is 21.9 Å². The molecule has 3 heterocycles. The van der Waals surface area contributed by atoms with Crippen molar-refractivity contribution in [2.75, 3.05) is 31.6 Å². The number of morpholine rings is 1. The lowest BCUT2D eigenvalue weighted by Crippen LogP contribution is -2.49. The van der Waals surface area contributed by atoms with Gasteiger partial charge in [0.1, 0.15) is 5.76 Å². The quantitative estimate of drug-likeness (QED) is 0.803. The highest BCUT2D eigenvalue weighted by atomic mass is 32.1. The number of nitrogens with one attached hydrogen (secondary N) is 1. The van der Waals surface area contributed by atoms with Crippen LogP contribution >= 0.6 is 11.3 Å². The minimum Gasteiger partial charge on any atom is -0.378 e.